The lowest BCUT2D eigenvalue weighted by atomic mass is 10.1. The number of fused-ring (bicyclic) bond motifs is 1. The van der Waals surface area contributed by atoms with Gasteiger partial charge < -0.3 is 5.73 Å². The van der Waals surface area contributed by atoms with Crippen LogP contribution in [0.2, 0.25) is 0 Å². The van der Waals surface area contributed by atoms with Crippen LogP contribution in [0.4, 0.5) is 5.95 Å². The van der Waals surface area contributed by atoms with Crippen molar-refractivity contribution in [2.75, 3.05) is 5.73 Å². The zero-order valence-corrected chi connectivity index (χ0v) is 13.0. The monoisotopic (exact) mass is 301 g/mol. The highest BCUT2D eigenvalue weighted by atomic mass is 32.2. The predicted octanol–water partition coefficient (Wildman–Crippen LogP) is 4.18. The minimum atomic E-state index is 0.353. The van der Waals surface area contributed by atoms with Crippen molar-refractivity contribution in [1.82, 2.24) is 9.97 Å². The molecule has 0 radical (unpaired) electrons. The van der Waals surface area contributed by atoms with Crippen molar-refractivity contribution in [3.8, 4) is 0 Å². The van der Waals surface area contributed by atoms with Gasteiger partial charge in [0.25, 0.3) is 0 Å². The minimum absolute atomic E-state index is 0.353. The Morgan fingerprint density at radius 3 is 2.80 bits per heavy atom. The maximum atomic E-state index is 5.80. The van der Waals surface area contributed by atoms with Gasteiger partial charge in [-0.15, -0.1) is 23.1 Å². The standard InChI is InChI=1S/C15H15N3S2/c1-9-5-3-4-6-11(9)8-19-13-12-7-10(2)20-14(12)18-15(16)17-13/h3-7H,8H2,1-2H3,(H2,16,17,18). The molecule has 102 valence electrons. The average Bonchev–Trinajstić information content (AvgIpc) is 2.77. The van der Waals surface area contributed by atoms with Crippen LogP contribution in [0, 0.1) is 13.8 Å². The predicted molar refractivity (Wildman–Crippen MR) is 87.3 cm³/mol. The molecule has 0 aliphatic heterocycles. The molecular formula is C15H15N3S2. The van der Waals surface area contributed by atoms with Crippen LogP contribution in [0.3, 0.4) is 0 Å². The lowest BCUT2D eigenvalue weighted by molar-refractivity contribution is 1.12. The van der Waals surface area contributed by atoms with E-state index in [1.807, 2.05) is 0 Å². The van der Waals surface area contributed by atoms with Gasteiger partial charge in [0.05, 0.1) is 0 Å². The normalized spacial score (nSPS) is 11.1. The van der Waals surface area contributed by atoms with E-state index in [9.17, 15) is 0 Å². The van der Waals surface area contributed by atoms with Crippen molar-refractivity contribution in [3.05, 3.63) is 46.3 Å². The molecule has 0 saturated carbocycles. The van der Waals surface area contributed by atoms with E-state index in [-0.39, 0.29) is 0 Å². The number of nitrogens with zero attached hydrogens (tertiary/aromatic N) is 2. The third-order valence-corrected chi connectivity index (χ3v) is 5.11. The fraction of sp³-hybridized carbons (Fsp3) is 0.200. The highest BCUT2D eigenvalue weighted by molar-refractivity contribution is 7.98. The van der Waals surface area contributed by atoms with Gasteiger partial charge in [0.2, 0.25) is 5.95 Å². The van der Waals surface area contributed by atoms with Gasteiger partial charge in [0.15, 0.2) is 0 Å². The SMILES string of the molecule is Cc1cc2c(SCc3ccccc3C)nc(N)nc2s1. The molecule has 0 unspecified atom stereocenters. The number of aromatic nitrogens is 2. The molecular weight excluding hydrogens is 286 g/mol. The summed E-state index contributed by atoms with van der Waals surface area (Å²) >= 11 is 3.38. The van der Waals surface area contributed by atoms with Crippen LogP contribution < -0.4 is 5.73 Å². The Morgan fingerprint density at radius 2 is 2.00 bits per heavy atom. The van der Waals surface area contributed by atoms with Crippen LogP contribution in [0.1, 0.15) is 16.0 Å². The number of thioether (sulfide) groups is 1. The van der Waals surface area contributed by atoms with E-state index >= 15 is 0 Å². The van der Waals surface area contributed by atoms with Crippen LogP contribution in [0.15, 0.2) is 35.4 Å². The van der Waals surface area contributed by atoms with Crippen molar-refractivity contribution in [2.24, 2.45) is 0 Å². The molecule has 5 heteroatoms. The second-order valence-corrected chi connectivity index (χ2v) is 6.88. The van der Waals surface area contributed by atoms with Gasteiger partial charge in [0, 0.05) is 16.0 Å². The highest BCUT2D eigenvalue weighted by Crippen LogP contribution is 2.33. The van der Waals surface area contributed by atoms with E-state index in [2.05, 4.69) is 54.1 Å². The second kappa shape index (κ2) is 5.42. The highest BCUT2D eigenvalue weighted by Gasteiger charge is 2.10. The topological polar surface area (TPSA) is 51.8 Å². The summed E-state index contributed by atoms with van der Waals surface area (Å²) in [5, 5.41) is 2.08. The first-order valence-corrected chi connectivity index (χ1v) is 8.14. The number of thiophene rings is 1. The molecule has 2 N–H and O–H groups in total. The first kappa shape index (κ1) is 13.4. The summed E-state index contributed by atoms with van der Waals surface area (Å²) in [5.74, 6) is 1.25. The number of hydrogen-bond donors (Lipinski definition) is 1. The van der Waals surface area contributed by atoms with E-state index < -0.39 is 0 Å². The molecule has 20 heavy (non-hydrogen) atoms. The van der Waals surface area contributed by atoms with Gasteiger partial charge in [-0.05, 0) is 31.0 Å². The summed E-state index contributed by atoms with van der Waals surface area (Å²) in [6.07, 6.45) is 0. The Morgan fingerprint density at radius 1 is 1.20 bits per heavy atom. The number of hydrogen-bond acceptors (Lipinski definition) is 5. The van der Waals surface area contributed by atoms with Crippen molar-refractivity contribution in [1.29, 1.82) is 0 Å². The van der Waals surface area contributed by atoms with Gasteiger partial charge in [-0.25, -0.2) is 9.97 Å². The molecule has 0 fully saturated rings. The van der Waals surface area contributed by atoms with E-state index in [1.54, 1.807) is 23.1 Å². The molecule has 2 aromatic heterocycles. The van der Waals surface area contributed by atoms with Gasteiger partial charge in [-0.3, -0.25) is 0 Å². The summed E-state index contributed by atoms with van der Waals surface area (Å²) in [5.41, 5.74) is 8.44. The van der Waals surface area contributed by atoms with Gasteiger partial charge in [0.1, 0.15) is 9.86 Å². The molecule has 0 atom stereocenters. The smallest absolute Gasteiger partial charge is 0.222 e. The number of nitrogen functional groups attached to an aromatic ring is 1. The molecule has 2 heterocycles. The van der Waals surface area contributed by atoms with E-state index in [0.29, 0.717) is 5.95 Å². The molecule has 3 rings (SSSR count). The first-order valence-electron chi connectivity index (χ1n) is 6.34. The molecule has 0 aliphatic carbocycles. The minimum Gasteiger partial charge on any atom is -0.368 e. The van der Waals surface area contributed by atoms with E-state index in [1.165, 1.54) is 16.0 Å². The van der Waals surface area contributed by atoms with Crippen LogP contribution in [0.25, 0.3) is 10.2 Å². The Hall–Kier alpha value is -1.59. The van der Waals surface area contributed by atoms with Crippen LogP contribution >= 0.6 is 23.1 Å². The van der Waals surface area contributed by atoms with E-state index in [4.69, 9.17) is 5.73 Å². The molecule has 1 aromatic carbocycles. The molecule has 0 saturated heterocycles. The summed E-state index contributed by atoms with van der Waals surface area (Å²) < 4.78 is 0. The quantitative estimate of drug-likeness (QED) is 0.582. The molecule has 0 amide bonds. The number of anilines is 1. The van der Waals surface area contributed by atoms with Gasteiger partial charge in [-0.2, -0.15) is 0 Å². The number of aryl methyl sites for hydroxylation is 2. The Labute approximate surface area is 126 Å². The third kappa shape index (κ3) is 2.64. The van der Waals surface area contributed by atoms with E-state index in [0.717, 1.165) is 21.0 Å². The maximum Gasteiger partial charge on any atom is 0.222 e. The summed E-state index contributed by atoms with van der Waals surface area (Å²) in [4.78, 5) is 10.9. The lowest BCUT2D eigenvalue weighted by Gasteiger charge is -2.06. The zero-order chi connectivity index (χ0) is 14.1. The molecule has 0 spiro atoms. The average molecular weight is 301 g/mol. The van der Waals surface area contributed by atoms with Gasteiger partial charge >= 0.3 is 0 Å². The Balaban J connectivity index is 1.93. The van der Waals surface area contributed by atoms with Crippen molar-refractivity contribution in [2.45, 2.75) is 24.6 Å². The van der Waals surface area contributed by atoms with Crippen molar-refractivity contribution in [3.63, 3.8) is 0 Å². The summed E-state index contributed by atoms with van der Waals surface area (Å²) in [6.45, 7) is 4.22. The largest absolute Gasteiger partial charge is 0.368 e. The summed E-state index contributed by atoms with van der Waals surface area (Å²) in [6, 6.07) is 10.6. The van der Waals surface area contributed by atoms with Crippen molar-refractivity contribution < 1.29 is 0 Å². The Bertz CT molecular complexity index is 765. The lowest BCUT2D eigenvalue weighted by Crippen LogP contribution is -1.96. The number of rotatable bonds is 3. The number of nitrogens with two attached hydrogens (primary N) is 1. The van der Waals surface area contributed by atoms with Crippen molar-refractivity contribution >= 4 is 39.3 Å². The molecule has 3 nitrogen and oxygen atoms in total. The molecule has 0 bridgehead atoms. The maximum absolute atomic E-state index is 5.80. The Kier molecular flexibility index (Phi) is 3.63. The number of benzene rings is 1. The molecule has 0 aliphatic rings. The van der Waals surface area contributed by atoms with Crippen LogP contribution in [0.5, 0.6) is 0 Å². The fourth-order valence-corrected chi connectivity index (χ4v) is 4.10. The third-order valence-electron chi connectivity index (χ3n) is 3.12. The zero-order valence-electron chi connectivity index (χ0n) is 11.4. The second-order valence-electron chi connectivity index (χ2n) is 4.68. The summed E-state index contributed by atoms with van der Waals surface area (Å²) in [7, 11) is 0. The molecule has 3 aromatic rings. The van der Waals surface area contributed by atoms with Crippen LogP contribution in [-0.4, -0.2) is 9.97 Å². The first-order chi connectivity index (χ1) is 9.63. The van der Waals surface area contributed by atoms with Crippen LogP contribution in [-0.2, 0) is 5.75 Å². The van der Waals surface area contributed by atoms with Gasteiger partial charge in [-0.1, -0.05) is 24.3 Å². The fourth-order valence-electron chi connectivity index (χ4n) is 2.06.